The van der Waals surface area contributed by atoms with E-state index in [0.717, 1.165) is 11.1 Å². The van der Waals surface area contributed by atoms with Crippen molar-refractivity contribution in [2.24, 2.45) is 0 Å². The van der Waals surface area contributed by atoms with E-state index in [-0.39, 0.29) is 11.4 Å². The first-order chi connectivity index (χ1) is 7.88. The van der Waals surface area contributed by atoms with E-state index >= 15 is 0 Å². The highest BCUT2D eigenvalue weighted by Crippen LogP contribution is 2.30. The standard InChI is InChI=1S/C14H18N2O/c1-10-6-5-7-11(8-10)12-9-16(14(2,3)4)15-13(12)17/h5-9H,1-4H3,(H,15,17). The fourth-order valence-corrected chi connectivity index (χ4v) is 1.72. The van der Waals surface area contributed by atoms with Gasteiger partial charge in [0, 0.05) is 6.20 Å². The second-order valence-corrected chi connectivity index (χ2v) is 5.35. The maximum absolute atomic E-state index is 9.91. The van der Waals surface area contributed by atoms with E-state index in [1.54, 1.807) is 4.68 Å². The number of hydrogen-bond donors (Lipinski definition) is 1. The summed E-state index contributed by atoms with van der Waals surface area (Å²) in [6.07, 6.45) is 1.89. The molecule has 0 aliphatic carbocycles. The van der Waals surface area contributed by atoms with E-state index in [9.17, 15) is 5.11 Å². The third-order valence-electron chi connectivity index (χ3n) is 2.71. The van der Waals surface area contributed by atoms with Crippen molar-refractivity contribution < 1.29 is 5.11 Å². The number of benzene rings is 1. The fraction of sp³-hybridized carbons (Fsp3) is 0.357. The smallest absolute Gasteiger partial charge is 0.238 e. The summed E-state index contributed by atoms with van der Waals surface area (Å²) in [5.74, 6) is 0.0884. The topological polar surface area (TPSA) is 38.0 Å². The van der Waals surface area contributed by atoms with Crippen LogP contribution in [0.4, 0.5) is 0 Å². The van der Waals surface area contributed by atoms with Gasteiger partial charge in [-0.05, 0) is 33.3 Å². The van der Waals surface area contributed by atoms with Crippen LogP contribution in [0.2, 0.25) is 0 Å². The van der Waals surface area contributed by atoms with Crippen molar-refractivity contribution in [3.8, 4) is 17.0 Å². The first-order valence-electron chi connectivity index (χ1n) is 5.74. The van der Waals surface area contributed by atoms with Crippen LogP contribution in [0.5, 0.6) is 5.88 Å². The zero-order valence-electron chi connectivity index (χ0n) is 10.7. The highest BCUT2D eigenvalue weighted by atomic mass is 16.3. The number of rotatable bonds is 1. The van der Waals surface area contributed by atoms with E-state index in [4.69, 9.17) is 0 Å². The van der Waals surface area contributed by atoms with Gasteiger partial charge in [-0.25, -0.2) is 0 Å². The molecule has 0 radical (unpaired) electrons. The summed E-state index contributed by atoms with van der Waals surface area (Å²) in [6.45, 7) is 8.20. The zero-order valence-corrected chi connectivity index (χ0v) is 10.7. The molecule has 1 heterocycles. The summed E-state index contributed by atoms with van der Waals surface area (Å²) < 4.78 is 1.79. The van der Waals surface area contributed by atoms with Gasteiger partial charge in [0.1, 0.15) is 0 Å². The van der Waals surface area contributed by atoms with Gasteiger partial charge < -0.3 is 5.11 Å². The van der Waals surface area contributed by atoms with Crippen molar-refractivity contribution in [1.82, 2.24) is 9.78 Å². The molecule has 17 heavy (non-hydrogen) atoms. The Morgan fingerprint density at radius 2 is 1.94 bits per heavy atom. The Labute approximate surface area is 102 Å². The van der Waals surface area contributed by atoms with Crippen LogP contribution in [-0.2, 0) is 5.54 Å². The molecule has 0 saturated heterocycles. The van der Waals surface area contributed by atoms with Crippen LogP contribution in [0.1, 0.15) is 26.3 Å². The average Bonchev–Trinajstić information content (AvgIpc) is 2.60. The fourth-order valence-electron chi connectivity index (χ4n) is 1.72. The molecule has 2 rings (SSSR count). The molecule has 0 aliphatic rings. The largest absolute Gasteiger partial charge is 0.492 e. The van der Waals surface area contributed by atoms with Crippen LogP contribution in [0.15, 0.2) is 30.5 Å². The molecule has 0 aliphatic heterocycles. The maximum Gasteiger partial charge on any atom is 0.238 e. The van der Waals surface area contributed by atoms with E-state index in [1.165, 1.54) is 5.56 Å². The van der Waals surface area contributed by atoms with Crippen molar-refractivity contribution in [3.63, 3.8) is 0 Å². The number of aryl methyl sites for hydroxylation is 1. The van der Waals surface area contributed by atoms with Crippen molar-refractivity contribution in [2.75, 3.05) is 0 Å². The van der Waals surface area contributed by atoms with Crippen molar-refractivity contribution in [1.29, 1.82) is 0 Å². The minimum Gasteiger partial charge on any atom is -0.492 e. The number of aromatic hydroxyl groups is 1. The van der Waals surface area contributed by atoms with Crippen LogP contribution in [-0.4, -0.2) is 14.9 Å². The SMILES string of the molecule is Cc1cccc(-c2cn(C(C)(C)C)nc2O)c1. The monoisotopic (exact) mass is 230 g/mol. The molecule has 1 aromatic carbocycles. The van der Waals surface area contributed by atoms with Gasteiger partial charge in [0.05, 0.1) is 11.1 Å². The Balaban J connectivity index is 2.50. The minimum atomic E-state index is -0.125. The number of aromatic nitrogens is 2. The van der Waals surface area contributed by atoms with Gasteiger partial charge in [-0.3, -0.25) is 4.68 Å². The Kier molecular flexibility index (Phi) is 2.69. The summed E-state index contributed by atoms with van der Waals surface area (Å²) >= 11 is 0. The second-order valence-electron chi connectivity index (χ2n) is 5.35. The molecular weight excluding hydrogens is 212 g/mol. The lowest BCUT2D eigenvalue weighted by molar-refractivity contribution is 0.338. The Bertz CT molecular complexity index is 535. The molecule has 1 aromatic heterocycles. The first kappa shape index (κ1) is 11.7. The summed E-state index contributed by atoms with van der Waals surface area (Å²) in [7, 11) is 0. The molecule has 0 atom stereocenters. The first-order valence-corrected chi connectivity index (χ1v) is 5.74. The minimum absolute atomic E-state index is 0.0884. The summed E-state index contributed by atoms with van der Waals surface area (Å²) in [5, 5.41) is 14.1. The van der Waals surface area contributed by atoms with Gasteiger partial charge in [-0.1, -0.05) is 29.8 Å². The van der Waals surface area contributed by atoms with Crippen LogP contribution >= 0.6 is 0 Å². The molecule has 0 spiro atoms. The lowest BCUT2D eigenvalue weighted by Crippen LogP contribution is -2.21. The third-order valence-corrected chi connectivity index (χ3v) is 2.71. The maximum atomic E-state index is 9.91. The predicted molar refractivity (Wildman–Crippen MR) is 69.1 cm³/mol. The van der Waals surface area contributed by atoms with Gasteiger partial charge >= 0.3 is 0 Å². The molecule has 90 valence electrons. The van der Waals surface area contributed by atoms with Gasteiger partial charge in [-0.15, -0.1) is 5.10 Å². The quantitative estimate of drug-likeness (QED) is 0.816. The van der Waals surface area contributed by atoms with Crippen LogP contribution in [0.25, 0.3) is 11.1 Å². The van der Waals surface area contributed by atoms with Crippen molar-refractivity contribution >= 4 is 0 Å². The highest BCUT2D eigenvalue weighted by Gasteiger charge is 2.18. The average molecular weight is 230 g/mol. The summed E-state index contributed by atoms with van der Waals surface area (Å²) in [6, 6.07) is 8.05. The Morgan fingerprint density at radius 3 is 2.47 bits per heavy atom. The molecule has 0 fully saturated rings. The second kappa shape index (κ2) is 3.91. The van der Waals surface area contributed by atoms with Gasteiger partial charge in [0.25, 0.3) is 0 Å². The number of hydrogen-bond acceptors (Lipinski definition) is 2. The lowest BCUT2D eigenvalue weighted by Gasteiger charge is -2.18. The summed E-state index contributed by atoms with van der Waals surface area (Å²) in [5.41, 5.74) is 2.83. The highest BCUT2D eigenvalue weighted by molar-refractivity contribution is 5.68. The zero-order chi connectivity index (χ0) is 12.6. The summed E-state index contributed by atoms with van der Waals surface area (Å²) in [4.78, 5) is 0. The Hall–Kier alpha value is -1.77. The predicted octanol–water partition coefficient (Wildman–Crippen LogP) is 3.32. The van der Waals surface area contributed by atoms with Gasteiger partial charge in [-0.2, -0.15) is 0 Å². The molecular formula is C14H18N2O. The molecule has 2 aromatic rings. The van der Waals surface area contributed by atoms with E-state index in [1.807, 2.05) is 37.4 Å². The molecule has 0 amide bonds. The normalized spacial score (nSPS) is 11.8. The van der Waals surface area contributed by atoms with E-state index in [0.29, 0.717) is 0 Å². The van der Waals surface area contributed by atoms with E-state index in [2.05, 4.69) is 25.9 Å². The van der Waals surface area contributed by atoms with Crippen LogP contribution in [0.3, 0.4) is 0 Å². The van der Waals surface area contributed by atoms with E-state index < -0.39 is 0 Å². The van der Waals surface area contributed by atoms with Crippen LogP contribution in [0, 0.1) is 6.92 Å². The lowest BCUT2D eigenvalue weighted by atomic mass is 10.1. The molecule has 0 saturated carbocycles. The van der Waals surface area contributed by atoms with Gasteiger partial charge in [0.2, 0.25) is 5.88 Å². The van der Waals surface area contributed by atoms with Gasteiger partial charge in [0.15, 0.2) is 0 Å². The molecule has 3 nitrogen and oxygen atoms in total. The molecule has 0 bridgehead atoms. The molecule has 1 N–H and O–H groups in total. The molecule has 3 heteroatoms. The van der Waals surface area contributed by atoms with Crippen LogP contribution < -0.4 is 0 Å². The van der Waals surface area contributed by atoms with Crippen molar-refractivity contribution in [2.45, 2.75) is 33.2 Å². The molecule has 0 unspecified atom stereocenters. The Morgan fingerprint density at radius 1 is 1.24 bits per heavy atom. The number of nitrogens with zero attached hydrogens (tertiary/aromatic N) is 2. The third kappa shape index (κ3) is 2.33. The van der Waals surface area contributed by atoms with Crippen molar-refractivity contribution in [3.05, 3.63) is 36.0 Å².